The number of aromatic nitrogens is 3. The van der Waals surface area contributed by atoms with Gasteiger partial charge in [0.25, 0.3) is 0 Å². The normalized spacial score (nSPS) is 16.6. The van der Waals surface area contributed by atoms with Crippen LogP contribution in [0.25, 0.3) is 11.3 Å². The number of nitrogens with one attached hydrogen (secondary N) is 3. The van der Waals surface area contributed by atoms with Crippen LogP contribution in [0.15, 0.2) is 54.9 Å². The molecule has 1 unspecified atom stereocenters. The minimum atomic E-state index is -0.334. The molecule has 7 nitrogen and oxygen atoms in total. The van der Waals surface area contributed by atoms with Crippen LogP contribution in [0, 0.1) is 5.82 Å². The number of carbonyl (C=O) groups is 1. The van der Waals surface area contributed by atoms with Crippen molar-refractivity contribution in [2.45, 2.75) is 18.9 Å². The number of carbonyl (C=O) groups excluding carboxylic acids is 1. The molecule has 1 saturated heterocycles. The third kappa shape index (κ3) is 4.28. The molecule has 28 heavy (non-hydrogen) atoms. The summed E-state index contributed by atoms with van der Waals surface area (Å²) in [5.41, 5.74) is 2.52. The maximum Gasteiger partial charge on any atom is 0.319 e. The Morgan fingerprint density at radius 3 is 2.75 bits per heavy atom. The summed E-state index contributed by atoms with van der Waals surface area (Å²) in [5.74, 6) is 0.524. The van der Waals surface area contributed by atoms with Gasteiger partial charge in [-0.1, -0.05) is 0 Å². The van der Waals surface area contributed by atoms with Gasteiger partial charge in [-0.05, 0) is 49.2 Å². The van der Waals surface area contributed by atoms with Gasteiger partial charge in [-0.25, -0.2) is 9.18 Å². The molecular formula is C20H21FN6O. The second-order valence-corrected chi connectivity index (χ2v) is 6.77. The summed E-state index contributed by atoms with van der Waals surface area (Å²) in [6, 6.07) is 11.3. The van der Waals surface area contributed by atoms with Crippen LogP contribution in [0.3, 0.4) is 0 Å². The Morgan fingerprint density at radius 1 is 1.18 bits per heavy atom. The van der Waals surface area contributed by atoms with Crippen LogP contribution < -0.4 is 15.5 Å². The van der Waals surface area contributed by atoms with E-state index < -0.39 is 0 Å². The van der Waals surface area contributed by atoms with Gasteiger partial charge in [0, 0.05) is 48.8 Å². The van der Waals surface area contributed by atoms with Gasteiger partial charge in [-0.15, -0.1) is 0 Å². The molecule has 0 saturated carbocycles. The maximum atomic E-state index is 13.0. The highest BCUT2D eigenvalue weighted by Crippen LogP contribution is 2.23. The van der Waals surface area contributed by atoms with E-state index in [1.807, 2.05) is 18.2 Å². The van der Waals surface area contributed by atoms with Gasteiger partial charge in [0.05, 0.1) is 5.69 Å². The van der Waals surface area contributed by atoms with E-state index >= 15 is 0 Å². The largest absolute Gasteiger partial charge is 0.353 e. The summed E-state index contributed by atoms with van der Waals surface area (Å²) in [6.45, 7) is 1.57. The summed E-state index contributed by atoms with van der Waals surface area (Å²) in [5, 5.41) is 13.2. The SMILES string of the molecule is O=C(Nc1ccc(F)cc1)NC1CCCN(c2cc(-c3ccncc3)[nH]n2)C1. The zero-order valence-corrected chi connectivity index (χ0v) is 15.2. The first-order chi connectivity index (χ1) is 13.7. The zero-order chi connectivity index (χ0) is 19.3. The quantitative estimate of drug-likeness (QED) is 0.648. The average Bonchev–Trinajstić information content (AvgIpc) is 3.21. The lowest BCUT2D eigenvalue weighted by Crippen LogP contribution is -2.49. The van der Waals surface area contributed by atoms with Crippen molar-refractivity contribution in [2.75, 3.05) is 23.3 Å². The highest BCUT2D eigenvalue weighted by Gasteiger charge is 2.23. The topological polar surface area (TPSA) is 85.9 Å². The van der Waals surface area contributed by atoms with Crippen LogP contribution in [0.4, 0.5) is 20.7 Å². The molecule has 3 heterocycles. The van der Waals surface area contributed by atoms with E-state index in [1.165, 1.54) is 24.3 Å². The van der Waals surface area contributed by atoms with Gasteiger partial charge in [0.2, 0.25) is 0 Å². The molecule has 1 atom stereocenters. The summed E-state index contributed by atoms with van der Waals surface area (Å²) >= 11 is 0. The first kappa shape index (κ1) is 18.0. The third-order valence-corrected chi connectivity index (χ3v) is 4.74. The van der Waals surface area contributed by atoms with Crippen LogP contribution in [0.2, 0.25) is 0 Å². The molecule has 1 aliphatic heterocycles. The third-order valence-electron chi connectivity index (χ3n) is 4.74. The first-order valence-electron chi connectivity index (χ1n) is 9.21. The van der Waals surface area contributed by atoms with Gasteiger partial charge in [0.15, 0.2) is 5.82 Å². The van der Waals surface area contributed by atoms with E-state index in [0.717, 1.165) is 36.5 Å². The van der Waals surface area contributed by atoms with Crippen molar-refractivity contribution in [1.29, 1.82) is 0 Å². The molecule has 144 valence electrons. The van der Waals surface area contributed by atoms with Crippen molar-refractivity contribution in [2.24, 2.45) is 0 Å². The predicted octanol–water partition coefficient (Wildman–Crippen LogP) is 3.40. The number of urea groups is 1. The summed E-state index contributed by atoms with van der Waals surface area (Å²) in [6.07, 6.45) is 5.35. The lowest BCUT2D eigenvalue weighted by Gasteiger charge is -2.33. The van der Waals surface area contributed by atoms with Gasteiger partial charge >= 0.3 is 6.03 Å². The Balaban J connectivity index is 1.36. The number of nitrogens with zero attached hydrogens (tertiary/aromatic N) is 3. The molecule has 1 aromatic carbocycles. The molecule has 0 bridgehead atoms. The molecule has 3 N–H and O–H groups in total. The van der Waals surface area contributed by atoms with Gasteiger partial charge in [0.1, 0.15) is 5.82 Å². The van der Waals surface area contributed by atoms with E-state index in [4.69, 9.17) is 0 Å². The number of hydrogen-bond acceptors (Lipinski definition) is 4. The lowest BCUT2D eigenvalue weighted by molar-refractivity contribution is 0.246. The predicted molar refractivity (Wildman–Crippen MR) is 106 cm³/mol. The minimum absolute atomic E-state index is 0.00951. The van der Waals surface area contributed by atoms with Crippen LogP contribution >= 0.6 is 0 Å². The Morgan fingerprint density at radius 2 is 1.96 bits per heavy atom. The van der Waals surface area contributed by atoms with E-state index in [9.17, 15) is 9.18 Å². The number of hydrogen-bond donors (Lipinski definition) is 3. The molecule has 4 rings (SSSR count). The van der Waals surface area contributed by atoms with E-state index in [2.05, 4.69) is 30.7 Å². The average molecular weight is 380 g/mol. The number of H-pyrrole nitrogens is 1. The van der Waals surface area contributed by atoms with Crippen molar-refractivity contribution in [1.82, 2.24) is 20.5 Å². The Hall–Kier alpha value is -3.42. The molecule has 1 aliphatic rings. The van der Waals surface area contributed by atoms with Gasteiger partial charge < -0.3 is 15.5 Å². The van der Waals surface area contributed by atoms with Gasteiger partial charge in [-0.3, -0.25) is 10.1 Å². The van der Waals surface area contributed by atoms with Crippen molar-refractivity contribution >= 4 is 17.5 Å². The first-order valence-corrected chi connectivity index (χ1v) is 9.21. The molecule has 0 radical (unpaired) electrons. The Bertz CT molecular complexity index is 927. The molecule has 0 aliphatic carbocycles. The zero-order valence-electron chi connectivity index (χ0n) is 15.2. The van der Waals surface area contributed by atoms with E-state index in [0.29, 0.717) is 12.2 Å². The summed E-state index contributed by atoms with van der Waals surface area (Å²) in [4.78, 5) is 18.4. The van der Waals surface area contributed by atoms with Crippen molar-refractivity contribution in [3.8, 4) is 11.3 Å². The fourth-order valence-electron chi connectivity index (χ4n) is 3.34. The number of halogens is 1. The van der Waals surface area contributed by atoms with Gasteiger partial charge in [-0.2, -0.15) is 5.10 Å². The number of rotatable bonds is 4. The fraction of sp³-hybridized carbons (Fsp3) is 0.250. The Kier molecular flexibility index (Phi) is 5.18. The summed E-state index contributed by atoms with van der Waals surface area (Å²) in [7, 11) is 0. The number of amides is 2. The second kappa shape index (κ2) is 8.08. The molecule has 8 heteroatoms. The number of piperidine rings is 1. The second-order valence-electron chi connectivity index (χ2n) is 6.77. The highest BCUT2D eigenvalue weighted by molar-refractivity contribution is 5.89. The van der Waals surface area contributed by atoms with Crippen molar-refractivity contribution < 1.29 is 9.18 Å². The molecule has 3 aromatic rings. The highest BCUT2D eigenvalue weighted by atomic mass is 19.1. The number of anilines is 2. The van der Waals surface area contributed by atoms with Crippen LogP contribution in [0.5, 0.6) is 0 Å². The smallest absolute Gasteiger partial charge is 0.319 e. The standard InChI is InChI=1S/C20H21FN6O/c21-15-3-5-16(6-4-15)23-20(28)24-17-2-1-11-27(13-17)19-12-18(25-26-19)14-7-9-22-10-8-14/h3-10,12,17H,1-2,11,13H2,(H,25,26)(H2,23,24,28). The van der Waals surface area contributed by atoms with E-state index in [-0.39, 0.29) is 17.9 Å². The van der Waals surface area contributed by atoms with E-state index in [1.54, 1.807) is 12.4 Å². The monoisotopic (exact) mass is 380 g/mol. The lowest BCUT2D eigenvalue weighted by atomic mass is 10.1. The molecule has 0 spiro atoms. The molecule has 2 amide bonds. The van der Waals surface area contributed by atoms with Crippen LogP contribution in [0.1, 0.15) is 12.8 Å². The Labute approximate surface area is 162 Å². The fourth-order valence-corrected chi connectivity index (χ4v) is 3.34. The number of pyridine rings is 1. The minimum Gasteiger partial charge on any atom is -0.353 e. The number of benzene rings is 1. The molecular weight excluding hydrogens is 359 g/mol. The summed E-state index contributed by atoms with van der Waals surface area (Å²) < 4.78 is 13.0. The molecule has 2 aromatic heterocycles. The van der Waals surface area contributed by atoms with Crippen molar-refractivity contribution in [3.63, 3.8) is 0 Å². The maximum absolute atomic E-state index is 13.0. The molecule has 1 fully saturated rings. The van der Waals surface area contributed by atoms with Crippen LogP contribution in [-0.4, -0.2) is 40.3 Å². The number of aromatic amines is 1. The van der Waals surface area contributed by atoms with Crippen LogP contribution in [-0.2, 0) is 0 Å². The van der Waals surface area contributed by atoms with Crippen molar-refractivity contribution in [3.05, 3.63) is 60.7 Å².